The molecule has 0 bridgehead atoms. The minimum absolute atomic E-state index is 0.826. The predicted molar refractivity (Wildman–Crippen MR) is 56.0 cm³/mol. The van der Waals surface area contributed by atoms with Gasteiger partial charge < -0.3 is 0 Å². The van der Waals surface area contributed by atoms with Gasteiger partial charge in [-0.15, -0.1) is 29.0 Å². The zero-order valence-corrected chi connectivity index (χ0v) is 11.2. The van der Waals surface area contributed by atoms with Gasteiger partial charge in [-0.3, -0.25) is 0 Å². The number of rotatable bonds is 0. The van der Waals surface area contributed by atoms with E-state index >= 15 is 0 Å². The van der Waals surface area contributed by atoms with Gasteiger partial charge in [0, 0.05) is 0 Å². The molecule has 0 saturated heterocycles. The number of fused-ring (bicyclic) bond motifs is 1. The van der Waals surface area contributed by atoms with Crippen LogP contribution in [0.25, 0.3) is 10.8 Å². The summed E-state index contributed by atoms with van der Waals surface area (Å²) in [5.74, 6) is 0. The van der Waals surface area contributed by atoms with Gasteiger partial charge >= 0.3 is 37.9 Å². The molecule has 0 atom stereocenters. The first-order valence-corrected chi connectivity index (χ1v) is 10.2. The van der Waals surface area contributed by atoms with E-state index < -0.39 is 20.8 Å². The Morgan fingerprint density at radius 1 is 1.23 bits per heavy atom. The molecule has 0 amide bonds. The zero-order chi connectivity index (χ0) is 9.68. The van der Waals surface area contributed by atoms with Gasteiger partial charge in [0.1, 0.15) is 0 Å². The Hall–Kier alpha value is 0.293. The second kappa shape index (κ2) is 5.91. The van der Waals surface area contributed by atoms with Crippen LogP contribution in [0.4, 0.5) is 0 Å². The van der Waals surface area contributed by atoms with E-state index in [4.69, 9.17) is 17.0 Å². The van der Waals surface area contributed by atoms with Crippen molar-refractivity contribution in [1.82, 2.24) is 0 Å². The Kier molecular flexibility index (Phi) is 5.16. The fourth-order valence-electron chi connectivity index (χ4n) is 1.32. The molecule has 0 aliphatic heterocycles. The summed E-state index contributed by atoms with van der Waals surface area (Å²) in [7, 11) is 9.87. The van der Waals surface area contributed by atoms with Gasteiger partial charge in [0.25, 0.3) is 0 Å². The van der Waals surface area contributed by atoms with Gasteiger partial charge in [-0.05, 0) is 6.92 Å². The van der Waals surface area contributed by atoms with Gasteiger partial charge in [-0.25, -0.2) is 0 Å². The molecule has 2 rings (SSSR count). The Morgan fingerprint density at radius 2 is 1.92 bits per heavy atom. The van der Waals surface area contributed by atoms with E-state index in [2.05, 4.69) is 43.3 Å². The molecule has 68 valence electrons. The van der Waals surface area contributed by atoms with Crippen LogP contribution in [0.5, 0.6) is 0 Å². The molecule has 0 heterocycles. The summed E-state index contributed by atoms with van der Waals surface area (Å²) in [6.45, 7) is 2.14. The van der Waals surface area contributed by atoms with E-state index in [1.54, 1.807) is 0 Å². The average Bonchev–Trinajstić information content (AvgIpc) is 2.54. The van der Waals surface area contributed by atoms with Crippen LogP contribution in [0.2, 0.25) is 0 Å². The fraction of sp³-hybridized carbons (Fsp3) is 0.100. The zero-order valence-electron chi connectivity index (χ0n) is 7.22. The standard InChI is InChI=1S/C10H9.2ClH.Zr/c1-8-4-2-5-9-6-3-7-10(8)9;;;/h2-7H,1H3;2*1H;/q-1;;;+2/p-2. The number of hydrogen-bond acceptors (Lipinski definition) is 0. The van der Waals surface area contributed by atoms with Crippen LogP contribution in [0, 0.1) is 6.92 Å². The molecule has 0 spiro atoms. The third-order valence-electron chi connectivity index (χ3n) is 1.90. The third kappa shape index (κ3) is 3.16. The first-order valence-electron chi connectivity index (χ1n) is 3.87. The Balaban J connectivity index is 0.000000251. The monoisotopic (exact) mass is 289 g/mol. The van der Waals surface area contributed by atoms with Gasteiger partial charge in [-0.1, -0.05) is 11.6 Å². The number of aryl methyl sites for hydroxylation is 1. The quantitative estimate of drug-likeness (QED) is 0.637. The third-order valence-corrected chi connectivity index (χ3v) is 1.90. The van der Waals surface area contributed by atoms with E-state index in [1.165, 1.54) is 16.3 Å². The fourth-order valence-corrected chi connectivity index (χ4v) is 1.32. The van der Waals surface area contributed by atoms with Crippen molar-refractivity contribution in [3.8, 4) is 0 Å². The molecule has 0 aliphatic carbocycles. The summed E-state index contributed by atoms with van der Waals surface area (Å²) in [5, 5.41) is 2.72. The summed E-state index contributed by atoms with van der Waals surface area (Å²) >= 11 is -0.826. The molecular weight excluding hydrogens is 282 g/mol. The first-order chi connectivity index (χ1) is 6.29. The first kappa shape index (κ1) is 11.4. The van der Waals surface area contributed by atoms with Crippen LogP contribution in [0.15, 0.2) is 36.4 Å². The molecule has 0 N–H and O–H groups in total. The van der Waals surface area contributed by atoms with Gasteiger partial charge in [0.05, 0.1) is 0 Å². The number of halogens is 2. The number of hydrogen-bond donors (Lipinski definition) is 0. The van der Waals surface area contributed by atoms with Crippen molar-refractivity contribution in [2.24, 2.45) is 0 Å². The molecule has 0 unspecified atom stereocenters. The maximum atomic E-state index is 4.93. The maximum absolute atomic E-state index is 4.93. The van der Waals surface area contributed by atoms with Crippen molar-refractivity contribution in [1.29, 1.82) is 0 Å². The van der Waals surface area contributed by atoms with E-state index in [0.717, 1.165) is 0 Å². The minimum atomic E-state index is -0.826. The topological polar surface area (TPSA) is 0 Å². The van der Waals surface area contributed by atoms with Crippen LogP contribution >= 0.6 is 17.0 Å². The molecule has 0 saturated carbocycles. The van der Waals surface area contributed by atoms with Crippen molar-refractivity contribution >= 4 is 27.8 Å². The molecule has 2 aromatic rings. The van der Waals surface area contributed by atoms with E-state index in [9.17, 15) is 0 Å². The molecule has 0 nitrogen and oxygen atoms in total. The van der Waals surface area contributed by atoms with Crippen LogP contribution in [0.3, 0.4) is 0 Å². The Morgan fingerprint density at radius 3 is 2.54 bits per heavy atom. The van der Waals surface area contributed by atoms with Crippen molar-refractivity contribution in [2.75, 3.05) is 0 Å². The van der Waals surface area contributed by atoms with Gasteiger partial charge in [0.15, 0.2) is 0 Å². The number of benzene rings is 1. The van der Waals surface area contributed by atoms with E-state index in [0.29, 0.717) is 0 Å². The second-order valence-corrected chi connectivity index (χ2v) is 6.41. The van der Waals surface area contributed by atoms with Gasteiger partial charge in [0.2, 0.25) is 0 Å². The van der Waals surface area contributed by atoms with Crippen LogP contribution in [0.1, 0.15) is 5.56 Å². The molecule has 3 heteroatoms. The van der Waals surface area contributed by atoms with Crippen molar-refractivity contribution in [3.05, 3.63) is 42.0 Å². The molecule has 0 aliphatic rings. The van der Waals surface area contributed by atoms with Gasteiger partial charge in [-0.2, -0.15) is 12.1 Å². The Bertz CT molecular complexity index is 368. The van der Waals surface area contributed by atoms with Crippen LogP contribution in [-0.2, 0) is 20.8 Å². The van der Waals surface area contributed by atoms with Crippen molar-refractivity contribution in [3.63, 3.8) is 0 Å². The van der Waals surface area contributed by atoms with E-state index in [-0.39, 0.29) is 0 Å². The SMILES string of the molecule is Cc1cccc2[cH-]ccc12.[Cl][Zr][Cl]. The summed E-state index contributed by atoms with van der Waals surface area (Å²) in [5.41, 5.74) is 1.36. The molecular formula is C10H9Cl2Zr-. The summed E-state index contributed by atoms with van der Waals surface area (Å²) in [6.07, 6.45) is 0. The van der Waals surface area contributed by atoms with Crippen molar-refractivity contribution < 1.29 is 20.8 Å². The normalized spacial score (nSPS) is 9.15. The summed E-state index contributed by atoms with van der Waals surface area (Å²) < 4.78 is 0. The summed E-state index contributed by atoms with van der Waals surface area (Å²) in [4.78, 5) is 0. The van der Waals surface area contributed by atoms with Crippen LogP contribution < -0.4 is 0 Å². The van der Waals surface area contributed by atoms with Crippen molar-refractivity contribution in [2.45, 2.75) is 6.92 Å². The molecule has 2 aromatic carbocycles. The summed E-state index contributed by atoms with van der Waals surface area (Å²) in [6, 6.07) is 12.8. The Labute approximate surface area is 96.9 Å². The molecule has 0 radical (unpaired) electrons. The molecule has 0 aromatic heterocycles. The average molecular weight is 291 g/mol. The predicted octanol–water partition coefficient (Wildman–Crippen LogP) is 4.24. The van der Waals surface area contributed by atoms with E-state index in [1.807, 2.05) is 0 Å². The molecule has 0 fully saturated rings. The molecule has 13 heavy (non-hydrogen) atoms. The van der Waals surface area contributed by atoms with Crippen LogP contribution in [-0.4, -0.2) is 0 Å². The second-order valence-electron chi connectivity index (χ2n) is 2.68.